The van der Waals surface area contributed by atoms with Gasteiger partial charge in [0.05, 0.1) is 6.54 Å². The van der Waals surface area contributed by atoms with Gasteiger partial charge in [-0.2, -0.15) is 0 Å². The van der Waals surface area contributed by atoms with Crippen molar-refractivity contribution in [1.82, 2.24) is 20.4 Å². The Balaban J connectivity index is 0.00000392. The molecule has 0 atom stereocenters. The maximum atomic E-state index is 12.6. The molecule has 1 aliphatic rings. The van der Waals surface area contributed by atoms with E-state index >= 15 is 0 Å². The molecule has 0 aromatic heterocycles. The molecule has 1 aromatic rings. The average molecular weight is 501 g/mol. The molecule has 1 aliphatic heterocycles. The SMILES string of the molecule is CCN(Cc1ccccc1)C(=O)CNC(=NC)NC1CCN(C(C)C)CC1.I. The van der Waals surface area contributed by atoms with E-state index in [0.29, 0.717) is 31.1 Å². The number of nitrogens with one attached hydrogen (secondary N) is 2. The Bertz CT molecular complexity index is 600. The lowest BCUT2D eigenvalue weighted by Gasteiger charge is -2.35. The van der Waals surface area contributed by atoms with Crippen LogP contribution in [0, 0.1) is 0 Å². The summed E-state index contributed by atoms with van der Waals surface area (Å²) in [5, 5.41) is 6.65. The average Bonchev–Trinajstić information content (AvgIpc) is 2.70. The van der Waals surface area contributed by atoms with E-state index in [-0.39, 0.29) is 36.4 Å². The van der Waals surface area contributed by atoms with Crippen LogP contribution in [0.5, 0.6) is 0 Å². The van der Waals surface area contributed by atoms with Gasteiger partial charge in [-0.3, -0.25) is 9.79 Å². The normalized spacial score (nSPS) is 15.8. The maximum absolute atomic E-state index is 12.6. The van der Waals surface area contributed by atoms with Gasteiger partial charge in [0.15, 0.2) is 5.96 Å². The molecule has 0 unspecified atom stereocenters. The number of hydrogen-bond acceptors (Lipinski definition) is 3. The van der Waals surface area contributed by atoms with Crippen molar-refractivity contribution in [1.29, 1.82) is 0 Å². The molecule has 28 heavy (non-hydrogen) atoms. The molecule has 1 heterocycles. The first kappa shape index (κ1) is 24.7. The number of hydrogen-bond donors (Lipinski definition) is 2. The second-order valence-electron chi connectivity index (χ2n) is 7.37. The molecule has 6 nitrogen and oxygen atoms in total. The molecule has 1 aromatic carbocycles. The Morgan fingerprint density at radius 2 is 1.89 bits per heavy atom. The highest BCUT2D eigenvalue weighted by molar-refractivity contribution is 14.0. The van der Waals surface area contributed by atoms with Gasteiger partial charge in [0.25, 0.3) is 0 Å². The summed E-state index contributed by atoms with van der Waals surface area (Å²) in [7, 11) is 1.75. The minimum atomic E-state index is 0. The Morgan fingerprint density at radius 3 is 2.43 bits per heavy atom. The van der Waals surface area contributed by atoms with Crippen LogP contribution in [0.3, 0.4) is 0 Å². The zero-order chi connectivity index (χ0) is 19.6. The third-order valence-corrected chi connectivity index (χ3v) is 5.18. The number of carbonyl (C=O) groups is 1. The summed E-state index contributed by atoms with van der Waals surface area (Å²) >= 11 is 0. The Morgan fingerprint density at radius 1 is 1.25 bits per heavy atom. The van der Waals surface area contributed by atoms with Crippen molar-refractivity contribution < 1.29 is 4.79 Å². The van der Waals surface area contributed by atoms with Crippen molar-refractivity contribution in [3.8, 4) is 0 Å². The third kappa shape index (κ3) is 7.95. The lowest BCUT2D eigenvalue weighted by Crippen LogP contribution is -2.51. The predicted molar refractivity (Wildman–Crippen MR) is 127 cm³/mol. The summed E-state index contributed by atoms with van der Waals surface area (Å²) in [6.07, 6.45) is 2.20. The van der Waals surface area contributed by atoms with Crippen molar-refractivity contribution in [3.05, 3.63) is 35.9 Å². The fraction of sp³-hybridized carbons (Fsp3) is 0.619. The molecule has 1 amide bonds. The molecule has 7 heteroatoms. The zero-order valence-corrected chi connectivity index (χ0v) is 20.0. The van der Waals surface area contributed by atoms with Crippen molar-refractivity contribution in [2.75, 3.05) is 33.2 Å². The fourth-order valence-electron chi connectivity index (χ4n) is 3.40. The molecule has 0 bridgehead atoms. The van der Waals surface area contributed by atoms with Crippen LogP contribution in [0.2, 0.25) is 0 Å². The van der Waals surface area contributed by atoms with Crippen LogP contribution in [0.25, 0.3) is 0 Å². The van der Waals surface area contributed by atoms with E-state index in [0.717, 1.165) is 31.5 Å². The van der Waals surface area contributed by atoms with Gasteiger partial charge < -0.3 is 20.4 Å². The monoisotopic (exact) mass is 501 g/mol. The van der Waals surface area contributed by atoms with Gasteiger partial charge in [0.1, 0.15) is 0 Å². The van der Waals surface area contributed by atoms with E-state index in [4.69, 9.17) is 0 Å². The first-order valence-corrected chi connectivity index (χ1v) is 10.1. The van der Waals surface area contributed by atoms with Crippen LogP contribution in [-0.2, 0) is 11.3 Å². The summed E-state index contributed by atoms with van der Waals surface area (Å²) in [6, 6.07) is 11.1. The molecule has 2 rings (SSSR count). The van der Waals surface area contributed by atoms with E-state index in [9.17, 15) is 4.79 Å². The topological polar surface area (TPSA) is 60.0 Å². The molecule has 0 spiro atoms. The highest BCUT2D eigenvalue weighted by Crippen LogP contribution is 2.12. The number of rotatable bonds is 7. The van der Waals surface area contributed by atoms with Crippen molar-refractivity contribution >= 4 is 35.8 Å². The van der Waals surface area contributed by atoms with E-state index < -0.39 is 0 Å². The summed E-state index contributed by atoms with van der Waals surface area (Å²) in [4.78, 5) is 21.2. The van der Waals surface area contributed by atoms with Crippen LogP contribution in [0.4, 0.5) is 0 Å². The maximum Gasteiger partial charge on any atom is 0.242 e. The van der Waals surface area contributed by atoms with Gasteiger partial charge in [-0.15, -0.1) is 24.0 Å². The van der Waals surface area contributed by atoms with Crippen molar-refractivity contribution in [3.63, 3.8) is 0 Å². The van der Waals surface area contributed by atoms with Gasteiger partial charge in [-0.05, 0) is 39.2 Å². The van der Waals surface area contributed by atoms with E-state index in [1.807, 2.05) is 42.2 Å². The van der Waals surface area contributed by atoms with Gasteiger partial charge in [0, 0.05) is 45.3 Å². The Labute approximate surface area is 187 Å². The number of carbonyl (C=O) groups excluding carboxylic acids is 1. The number of likely N-dealkylation sites (tertiary alicyclic amines) is 1. The highest BCUT2D eigenvalue weighted by Gasteiger charge is 2.21. The van der Waals surface area contributed by atoms with Crippen LogP contribution >= 0.6 is 24.0 Å². The van der Waals surface area contributed by atoms with Gasteiger partial charge in [-0.25, -0.2) is 0 Å². The minimum Gasteiger partial charge on any atom is -0.354 e. The number of likely N-dealkylation sites (N-methyl/N-ethyl adjacent to an activating group) is 1. The quantitative estimate of drug-likeness (QED) is 0.343. The molecule has 1 fully saturated rings. The number of piperidine rings is 1. The second kappa shape index (κ2) is 13.0. The predicted octanol–water partition coefficient (Wildman–Crippen LogP) is 2.69. The summed E-state index contributed by atoms with van der Waals surface area (Å²) in [5.74, 6) is 0.793. The molecule has 0 radical (unpaired) electrons. The summed E-state index contributed by atoms with van der Waals surface area (Å²) < 4.78 is 0. The molecular weight excluding hydrogens is 465 g/mol. The lowest BCUT2D eigenvalue weighted by atomic mass is 10.0. The van der Waals surface area contributed by atoms with Crippen molar-refractivity contribution in [2.24, 2.45) is 4.99 Å². The first-order chi connectivity index (χ1) is 13.0. The number of amides is 1. The van der Waals surface area contributed by atoms with Gasteiger partial charge in [0.2, 0.25) is 5.91 Å². The van der Waals surface area contributed by atoms with Crippen LogP contribution in [-0.4, -0.2) is 67.0 Å². The number of benzene rings is 1. The molecule has 0 aliphatic carbocycles. The van der Waals surface area contributed by atoms with Crippen LogP contribution in [0.15, 0.2) is 35.3 Å². The molecule has 158 valence electrons. The van der Waals surface area contributed by atoms with Crippen LogP contribution in [0.1, 0.15) is 39.2 Å². The van der Waals surface area contributed by atoms with E-state index in [1.54, 1.807) is 7.05 Å². The molecule has 0 saturated carbocycles. The van der Waals surface area contributed by atoms with Gasteiger partial charge in [-0.1, -0.05) is 30.3 Å². The smallest absolute Gasteiger partial charge is 0.242 e. The molecule has 2 N–H and O–H groups in total. The third-order valence-electron chi connectivity index (χ3n) is 5.18. The van der Waals surface area contributed by atoms with E-state index in [2.05, 4.69) is 34.4 Å². The largest absolute Gasteiger partial charge is 0.354 e. The Hall–Kier alpha value is -1.35. The highest BCUT2D eigenvalue weighted by atomic mass is 127. The number of guanidine groups is 1. The number of nitrogens with zero attached hydrogens (tertiary/aromatic N) is 3. The van der Waals surface area contributed by atoms with Crippen LogP contribution < -0.4 is 10.6 Å². The minimum absolute atomic E-state index is 0. The Kier molecular flexibility index (Phi) is 11.4. The molecule has 1 saturated heterocycles. The fourth-order valence-corrected chi connectivity index (χ4v) is 3.40. The number of halogens is 1. The van der Waals surface area contributed by atoms with E-state index in [1.165, 1.54) is 0 Å². The standard InChI is InChI=1S/C21H35N5O.HI/c1-5-25(16-18-9-7-6-8-10-18)20(27)15-23-21(22-4)24-19-11-13-26(14-12-19)17(2)3;/h6-10,17,19H,5,11-16H2,1-4H3,(H2,22,23,24);1H. The van der Waals surface area contributed by atoms with Crippen molar-refractivity contribution in [2.45, 2.75) is 52.2 Å². The summed E-state index contributed by atoms with van der Waals surface area (Å²) in [6.45, 7) is 10.3. The molecular formula is C21H36IN5O. The van der Waals surface area contributed by atoms with Gasteiger partial charge >= 0.3 is 0 Å². The lowest BCUT2D eigenvalue weighted by molar-refractivity contribution is -0.130. The summed E-state index contributed by atoms with van der Waals surface area (Å²) in [5.41, 5.74) is 1.15. The zero-order valence-electron chi connectivity index (χ0n) is 17.6. The number of aliphatic imine (C=N–C) groups is 1. The first-order valence-electron chi connectivity index (χ1n) is 10.1. The second-order valence-corrected chi connectivity index (χ2v) is 7.37.